The van der Waals surface area contributed by atoms with Gasteiger partial charge in [-0.3, -0.25) is 10.1 Å². The Morgan fingerprint density at radius 3 is 2.69 bits per heavy atom. The second-order valence-electron chi connectivity index (χ2n) is 3.02. The van der Waals surface area contributed by atoms with Gasteiger partial charge in [-0.2, -0.15) is 0 Å². The van der Waals surface area contributed by atoms with Crippen LogP contribution < -0.4 is 5.32 Å². The van der Waals surface area contributed by atoms with Crippen LogP contribution in [0.3, 0.4) is 0 Å². The molecule has 0 saturated heterocycles. The van der Waals surface area contributed by atoms with Gasteiger partial charge in [0, 0.05) is 23.7 Å². The zero-order valence-corrected chi connectivity index (χ0v) is 9.04. The summed E-state index contributed by atoms with van der Waals surface area (Å²) in [5.41, 5.74) is 0.767. The number of nitrogens with one attached hydrogen (secondary N) is 1. The maximum Gasteiger partial charge on any atom is 0.270 e. The van der Waals surface area contributed by atoms with Gasteiger partial charge in [0.2, 0.25) is 0 Å². The van der Waals surface area contributed by atoms with Crippen LogP contribution in [0.15, 0.2) is 30.7 Å². The first-order valence-electron chi connectivity index (χ1n) is 4.61. The quantitative estimate of drug-likeness (QED) is 0.580. The third kappa shape index (κ3) is 2.96. The summed E-state index contributed by atoms with van der Waals surface area (Å²) in [6.45, 7) is 0. The van der Waals surface area contributed by atoms with Crippen LogP contribution in [0, 0.1) is 10.1 Å². The number of non-ortho nitro benzene ring substituents is 1. The van der Waals surface area contributed by atoms with Gasteiger partial charge in [0.15, 0.2) is 0 Å². The van der Waals surface area contributed by atoms with Crippen LogP contribution in [0.4, 0.5) is 5.69 Å². The van der Waals surface area contributed by atoms with Crippen LogP contribution in [0.1, 0.15) is 0 Å². The van der Waals surface area contributed by atoms with Crippen molar-refractivity contribution in [1.82, 2.24) is 15.3 Å². The molecule has 0 aliphatic carbocycles. The van der Waals surface area contributed by atoms with Crippen LogP contribution in [-0.4, -0.2) is 29.0 Å². The number of rotatable bonds is 1. The van der Waals surface area contributed by atoms with Crippen molar-refractivity contribution >= 4 is 16.6 Å². The Labute approximate surface area is 92.5 Å². The highest BCUT2D eigenvalue weighted by atomic mass is 16.6. The van der Waals surface area contributed by atoms with Gasteiger partial charge in [-0.15, -0.1) is 0 Å². The van der Waals surface area contributed by atoms with Gasteiger partial charge < -0.3 is 5.32 Å². The van der Waals surface area contributed by atoms with Gasteiger partial charge >= 0.3 is 0 Å². The molecule has 6 nitrogen and oxygen atoms in total. The molecule has 1 N–H and O–H groups in total. The minimum Gasteiger partial charge on any atom is -0.323 e. The first kappa shape index (κ1) is 12.0. The van der Waals surface area contributed by atoms with Crippen LogP contribution in [0.25, 0.3) is 10.9 Å². The molecule has 6 heteroatoms. The van der Waals surface area contributed by atoms with E-state index in [4.69, 9.17) is 0 Å². The fourth-order valence-electron chi connectivity index (χ4n) is 1.09. The van der Waals surface area contributed by atoms with E-state index in [1.165, 1.54) is 18.5 Å². The van der Waals surface area contributed by atoms with Crippen LogP contribution >= 0.6 is 0 Å². The molecular weight excluding hydrogens is 208 g/mol. The van der Waals surface area contributed by atoms with Gasteiger partial charge in [0.1, 0.15) is 6.33 Å². The summed E-state index contributed by atoms with van der Waals surface area (Å²) in [6, 6.07) is 4.49. The first-order chi connectivity index (χ1) is 7.69. The Morgan fingerprint density at radius 2 is 2.06 bits per heavy atom. The number of nitro groups is 1. The first-order valence-corrected chi connectivity index (χ1v) is 4.61. The lowest BCUT2D eigenvalue weighted by atomic mass is 10.2. The average Bonchev–Trinajstić information content (AvgIpc) is 2.29. The number of aromatic nitrogens is 2. The van der Waals surface area contributed by atoms with Gasteiger partial charge in [-0.1, -0.05) is 0 Å². The summed E-state index contributed by atoms with van der Waals surface area (Å²) >= 11 is 0. The van der Waals surface area contributed by atoms with Crippen molar-refractivity contribution in [2.45, 2.75) is 0 Å². The third-order valence-corrected chi connectivity index (χ3v) is 1.70. The smallest absolute Gasteiger partial charge is 0.270 e. The highest BCUT2D eigenvalue weighted by Gasteiger charge is 2.05. The van der Waals surface area contributed by atoms with Gasteiger partial charge in [-0.25, -0.2) is 9.97 Å². The van der Waals surface area contributed by atoms with E-state index in [1.54, 1.807) is 12.3 Å². The molecular formula is C10H12N4O2. The van der Waals surface area contributed by atoms with Gasteiger partial charge in [0.05, 0.1) is 10.4 Å². The van der Waals surface area contributed by atoms with Crippen molar-refractivity contribution < 1.29 is 4.92 Å². The zero-order valence-electron chi connectivity index (χ0n) is 9.04. The van der Waals surface area contributed by atoms with Crippen molar-refractivity contribution in [3.8, 4) is 0 Å². The topological polar surface area (TPSA) is 81.0 Å². The molecule has 2 rings (SSSR count). The van der Waals surface area contributed by atoms with Crippen LogP contribution in [0.5, 0.6) is 0 Å². The molecule has 0 radical (unpaired) electrons. The molecule has 0 aliphatic heterocycles. The van der Waals surface area contributed by atoms with Crippen molar-refractivity contribution in [2.24, 2.45) is 0 Å². The maximum atomic E-state index is 10.4. The normalized spacial score (nSPS) is 9.38. The summed E-state index contributed by atoms with van der Waals surface area (Å²) in [5.74, 6) is 0. The highest BCUT2D eigenvalue weighted by molar-refractivity contribution is 5.79. The minimum absolute atomic E-state index is 0.0577. The monoisotopic (exact) mass is 220 g/mol. The molecule has 0 saturated carbocycles. The molecule has 1 aromatic heterocycles. The summed E-state index contributed by atoms with van der Waals surface area (Å²) in [5, 5.41) is 13.8. The third-order valence-electron chi connectivity index (χ3n) is 1.70. The fraction of sp³-hybridized carbons (Fsp3) is 0.200. The summed E-state index contributed by atoms with van der Waals surface area (Å²) in [7, 11) is 3.75. The maximum absolute atomic E-state index is 10.4. The summed E-state index contributed by atoms with van der Waals surface area (Å²) in [4.78, 5) is 17.7. The van der Waals surface area contributed by atoms with Crippen LogP contribution in [-0.2, 0) is 0 Å². The van der Waals surface area contributed by atoms with E-state index < -0.39 is 4.92 Å². The number of hydrogen-bond acceptors (Lipinski definition) is 5. The SMILES string of the molecule is CNC.O=[N+]([O-])c1ccc2ncncc2c1. The Morgan fingerprint density at radius 1 is 1.38 bits per heavy atom. The summed E-state index contributed by atoms with van der Waals surface area (Å²) < 4.78 is 0. The molecule has 0 amide bonds. The largest absolute Gasteiger partial charge is 0.323 e. The molecule has 1 aromatic carbocycles. The molecule has 0 spiro atoms. The van der Waals surface area contributed by atoms with E-state index in [2.05, 4.69) is 15.3 Å². The zero-order chi connectivity index (χ0) is 12.0. The molecule has 0 atom stereocenters. The van der Waals surface area contributed by atoms with Crippen LogP contribution in [0.2, 0.25) is 0 Å². The molecule has 16 heavy (non-hydrogen) atoms. The molecule has 2 aromatic rings. The molecule has 0 unspecified atom stereocenters. The predicted octanol–water partition coefficient (Wildman–Crippen LogP) is 1.37. The fourth-order valence-corrected chi connectivity index (χ4v) is 1.09. The lowest BCUT2D eigenvalue weighted by Gasteiger charge is -1.94. The molecule has 84 valence electrons. The van der Waals surface area contributed by atoms with Gasteiger partial charge in [0.25, 0.3) is 5.69 Å². The Kier molecular flexibility index (Phi) is 4.28. The Balaban J connectivity index is 0.000000386. The Hall–Kier alpha value is -2.08. The van der Waals surface area contributed by atoms with Crippen molar-refractivity contribution in [1.29, 1.82) is 0 Å². The van der Waals surface area contributed by atoms with E-state index in [9.17, 15) is 10.1 Å². The number of benzene rings is 1. The van der Waals surface area contributed by atoms with Crippen molar-refractivity contribution in [3.05, 3.63) is 40.8 Å². The lowest BCUT2D eigenvalue weighted by Crippen LogP contribution is -1.89. The number of hydrogen-bond donors (Lipinski definition) is 1. The van der Waals surface area contributed by atoms with E-state index in [0.717, 1.165) is 0 Å². The van der Waals surface area contributed by atoms with Crippen molar-refractivity contribution in [3.63, 3.8) is 0 Å². The minimum atomic E-state index is -0.438. The van der Waals surface area contributed by atoms with E-state index in [-0.39, 0.29) is 5.69 Å². The Bertz CT molecular complexity index is 487. The molecule has 0 fully saturated rings. The predicted molar refractivity (Wildman–Crippen MR) is 61.2 cm³/mol. The number of nitro benzene ring substituents is 1. The average molecular weight is 220 g/mol. The molecule has 0 bridgehead atoms. The highest BCUT2D eigenvalue weighted by Crippen LogP contribution is 2.17. The van der Waals surface area contributed by atoms with Crippen molar-refractivity contribution in [2.75, 3.05) is 14.1 Å². The second kappa shape index (κ2) is 5.72. The van der Waals surface area contributed by atoms with E-state index in [0.29, 0.717) is 10.9 Å². The van der Waals surface area contributed by atoms with Gasteiger partial charge in [-0.05, 0) is 20.2 Å². The molecule has 1 heterocycles. The number of fused-ring (bicyclic) bond motifs is 1. The molecule has 0 aliphatic rings. The number of nitrogens with zero attached hydrogens (tertiary/aromatic N) is 3. The second-order valence-corrected chi connectivity index (χ2v) is 3.02. The van der Waals surface area contributed by atoms with E-state index in [1.807, 2.05) is 14.1 Å². The lowest BCUT2D eigenvalue weighted by molar-refractivity contribution is -0.384. The standard InChI is InChI=1S/C8H5N3O2.C2H7N/c12-11(13)7-1-2-8-6(3-7)4-9-5-10-8;1-3-2/h1-5H;3H,1-2H3. The summed E-state index contributed by atoms with van der Waals surface area (Å²) in [6.07, 6.45) is 2.96. The van der Waals surface area contributed by atoms with E-state index >= 15 is 0 Å².